The van der Waals surface area contributed by atoms with Crippen LogP contribution in [0.15, 0.2) is 18.2 Å². The maximum atomic E-state index is 8.78. The third-order valence-corrected chi connectivity index (χ3v) is 2.40. The van der Waals surface area contributed by atoms with E-state index in [4.69, 9.17) is 8.76 Å². The van der Waals surface area contributed by atoms with Gasteiger partial charge in [0.2, 0.25) is 0 Å². The quantitative estimate of drug-likeness (QED) is 0.841. The Balaban J connectivity index is 0.000000557. The Kier molecular flexibility index (Phi) is 8.94. The van der Waals surface area contributed by atoms with E-state index in [1.807, 2.05) is 0 Å². The summed E-state index contributed by atoms with van der Waals surface area (Å²) in [6.07, 6.45) is 4.96. The number of aryl methyl sites for hydroxylation is 3. The zero-order chi connectivity index (χ0) is 13.3. The molecule has 4 heteroatoms. The van der Waals surface area contributed by atoms with E-state index in [2.05, 4.69) is 44.1 Å². The van der Waals surface area contributed by atoms with E-state index in [0.29, 0.717) is 0 Å². The van der Waals surface area contributed by atoms with Crippen LogP contribution >= 0.6 is 0 Å². The van der Waals surface area contributed by atoms with Crippen molar-refractivity contribution < 1.29 is 8.76 Å². The Hall–Kier alpha value is -0.710. The Morgan fingerprint density at radius 3 is 2.12 bits per heavy atom. The lowest BCUT2D eigenvalue weighted by Gasteiger charge is -2.08. The number of hydrogen-bond acceptors (Lipinski definition) is 2. The van der Waals surface area contributed by atoms with Crippen LogP contribution in [0.5, 0.6) is 0 Å². The van der Waals surface area contributed by atoms with E-state index >= 15 is 0 Å². The van der Waals surface area contributed by atoms with Gasteiger partial charge in [-0.25, -0.2) is 0 Å². The predicted molar refractivity (Wildman–Crippen MR) is 72.3 cm³/mol. The number of rotatable bonds is 4. The number of hydrogen-bond donors (Lipinski definition) is 1. The second-order valence-corrected chi connectivity index (χ2v) is 4.55. The van der Waals surface area contributed by atoms with E-state index in [1.165, 1.54) is 31.2 Å². The van der Waals surface area contributed by atoms with Crippen molar-refractivity contribution in [2.24, 2.45) is 5.14 Å². The number of nitrogens with two attached hydrogens (primary N) is 1. The van der Waals surface area contributed by atoms with Gasteiger partial charge in [-0.2, -0.15) is 0 Å². The van der Waals surface area contributed by atoms with Gasteiger partial charge in [0, 0.05) is 11.3 Å². The second-order valence-electron chi connectivity index (χ2n) is 4.03. The van der Waals surface area contributed by atoms with Crippen LogP contribution < -0.4 is 5.14 Å². The van der Waals surface area contributed by atoms with E-state index < -0.39 is 11.3 Å². The monoisotopic (exact) mass is 256 g/mol. The summed E-state index contributed by atoms with van der Waals surface area (Å²) in [5.74, 6) is 0. The standard InChI is InChI=1S/C13H20.H3NO2S/c1-4-6-12-9-8-11(3)10-13(12)7-5-2;1-4(2)3/h8-10H,4-7H2,1-3H3;1H2,(H,2,3)/p-1. The molecule has 0 aromatic heterocycles. The fourth-order valence-electron chi connectivity index (χ4n) is 1.77. The molecular formula is C13H22NO2S-. The van der Waals surface area contributed by atoms with Gasteiger partial charge in [0.25, 0.3) is 0 Å². The number of benzene rings is 1. The highest BCUT2D eigenvalue weighted by Gasteiger charge is 2.00. The summed E-state index contributed by atoms with van der Waals surface area (Å²) in [4.78, 5) is 0. The fourth-order valence-corrected chi connectivity index (χ4v) is 1.77. The molecule has 0 aliphatic heterocycles. The van der Waals surface area contributed by atoms with Crippen molar-refractivity contribution in [2.75, 3.05) is 0 Å². The van der Waals surface area contributed by atoms with Crippen LogP contribution in [-0.2, 0) is 24.1 Å². The summed E-state index contributed by atoms with van der Waals surface area (Å²) in [6.45, 7) is 6.67. The van der Waals surface area contributed by atoms with Gasteiger partial charge >= 0.3 is 0 Å². The van der Waals surface area contributed by atoms with Crippen LogP contribution in [0.1, 0.15) is 43.4 Å². The normalized spacial score (nSPS) is 11.6. The molecule has 0 radical (unpaired) electrons. The lowest BCUT2D eigenvalue weighted by molar-refractivity contribution is 0.539. The molecule has 0 amide bonds. The van der Waals surface area contributed by atoms with Gasteiger partial charge in [-0.15, -0.1) is 0 Å². The van der Waals surface area contributed by atoms with Crippen LogP contribution in [0, 0.1) is 6.92 Å². The molecule has 0 saturated heterocycles. The predicted octanol–water partition coefficient (Wildman–Crippen LogP) is 2.64. The molecule has 0 saturated carbocycles. The minimum absolute atomic E-state index is 1.23. The average Bonchev–Trinajstić information content (AvgIpc) is 2.22. The molecule has 0 heterocycles. The maximum absolute atomic E-state index is 8.78. The summed E-state index contributed by atoms with van der Waals surface area (Å²) >= 11 is -2.36. The van der Waals surface area contributed by atoms with Crippen molar-refractivity contribution in [3.8, 4) is 0 Å². The second kappa shape index (κ2) is 9.33. The molecule has 98 valence electrons. The topological polar surface area (TPSA) is 66.2 Å². The van der Waals surface area contributed by atoms with Gasteiger partial charge < -0.3 is 4.55 Å². The molecule has 1 rings (SSSR count). The fraction of sp³-hybridized carbons (Fsp3) is 0.538. The highest BCUT2D eigenvalue weighted by molar-refractivity contribution is 7.76. The smallest absolute Gasteiger partial charge is 0.0152 e. The van der Waals surface area contributed by atoms with Crippen molar-refractivity contribution in [1.82, 2.24) is 0 Å². The first kappa shape index (κ1) is 16.3. The van der Waals surface area contributed by atoms with Crippen molar-refractivity contribution >= 4 is 11.3 Å². The van der Waals surface area contributed by atoms with Gasteiger partial charge in [-0.05, 0) is 30.9 Å². The molecule has 1 aromatic rings. The van der Waals surface area contributed by atoms with Gasteiger partial charge in [0.15, 0.2) is 0 Å². The lowest BCUT2D eigenvalue weighted by Crippen LogP contribution is -1.97. The molecule has 0 fully saturated rings. The van der Waals surface area contributed by atoms with Crippen LogP contribution in [0.2, 0.25) is 0 Å². The van der Waals surface area contributed by atoms with E-state index in [-0.39, 0.29) is 0 Å². The molecule has 17 heavy (non-hydrogen) atoms. The zero-order valence-corrected chi connectivity index (χ0v) is 11.7. The first-order valence-electron chi connectivity index (χ1n) is 5.93. The molecule has 1 aromatic carbocycles. The Bertz CT molecular complexity index is 349. The van der Waals surface area contributed by atoms with E-state index in [1.54, 1.807) is 11.1 Å². The summed E-state index contributed by atoms with van der Waals surface area (Å²) < 4.78 is 17.6. The Morgan fingerprint density at radius 1 is 1.18 bits per heavy atom. The van der Waals surface area contributed by atoms with Crippen LogP contribution in [0.25, 0.3) is 0 Å². The largest absolute Gasteiger partial charge is 0.760 e. The van der Waals surface area contributed by atoms with Crippen molar-refractivity contribution in [3.63, 3.8) is 0 Å². The summed E-state index contributed by atoms with van der Waals surface area (Å²) in [6, 6.07) is 6.86. The maximum Gasteiger partial charge on any atom is 0.0152 e. The van der Waals surface area contributed by atoms with Crippen molar-refractivity contribution in [2.45, 2.75) is 46.5 Å². The summed E-state index contributed by atoms with van der Waals surface area (Å²) in [5, 5.41) is 4.03. The summed E-state index contributed by atoms with van der Waals surface area (Å²) in [5.41, 5.74) is 4.50. The average molecular weight is 256 g/mol. The first-order valence-corrected chi connectivity index (χ1v) is 7.07. The minimum Gasteiger partial charge on any atom is -0.760 e. The molecule has 1 atom stereocenters. The third-order valence-electron chi connectivity index (χ3n) is 2.40. The van der Waals surface area contributed by atoms with E-state index in [9.17, 15) is 0 Å². The summed E-state index contributed by atoms with van der Waals surface area (Å²) in [7, 11) is 0. The molecule has 0 spiro atoms. The van der Waals surface area contributed by atoms with Crippen LogP contribution in [0.4, 0.5) is 0 Å². The molecule has 3 nitrogen and oxygen atoms in total. The van der Waals surface area contributed by atoms with Gasteiger partial charge in [0.05, 0.1) is 0 Å². The molecular weight excluding hydrogens is 234 g/mol. The first-order chi connectivity index (χ1) is 8.01. The van der Waals surface area contributed by atoms with Crippen molar-refractivity contribution in [3.05, 3.63) is 34.9 Å². The highest BCUT2D eigenvalue weighted by Crippen LogP contribution is 2.15. The van der Waals surface area contributed by atoms with E-state index in [0.717, 1.165) is 0 Å². The molecule has 0 bridgehead atoms. The van der Waals surface area contributed by atoms with Crippen LogP contribution in [-0.4, -0.2) is 8.76 Å². The van der Waals surface area contributed by atoms with Crippen molar-refractivity contribution in [1.29, 1.82) is 0 Å². The zero-order valence-electron chi connectivity index (χ0n) is 10.9. The highest BCUT2D eigenvalue weighted by atomic mass is 32.2. The van der Waals surface area contributed by atoms with Gasteiger partial charge in [0.1, 0.15) is 0 Å². The molecule has 1 unspecified atom stereocenters. The van der Waals surface area contributed by atoms with Crippen LogP contribution in [0.3, 0.4) is 0 Å². The molecule has 0 aliphatic carbocycles. The Morgan fingerprint density at radius 2 is 1.65 bits per heavy atom. The lowest BCUT2D eigenvalue weighted by atomic mass is 9.98. The SMILES string of the molecule is CCCc1ccc(C)cc1CCC.NS(=O)[O-]. The molecule has 0 aliphatic rings. The Labute approximate surface area is 107 Å². The molecule has 2 N–H and O–H groups in total. The van der Waals surface area contributed by atoms with Gasteiger partial charge in [-0.3, -0.25) is 9.35 Å². The minimum atomic E-state index is -2.36. The third kappa shape index (κ3) is 8.07. The van der Waals surface area contributed by atoms with Gasteiger partial charge in [-0.1, -0.05) is 50.5 Å².